The number of benzene rings is 2. The first-order chi connectivity index (χ1) is 7.31. The molecule has 2 rings (SSSR count). The molecule has 0 bridgehead atoms. The zero-order valence-corrected chi connectivity index (χ0v) is 10.2. The van der Waals surface area contributed by atoms with Crippen LogP contribution < -0.4 is 4.74 Å². The first kappa shape index (κ1) is 10.7. The van der Waals surface area contributed by atoms with Crippen molar-refractivity contribution in [2.75, 3.05) is 11.0 Å². The van der Waals surface area contributed by atoms with Crippen molar-refractivity contribution in [3.63, 3.8) is 0 Å². The van der Waals surface area contributed by atoms with Crippen LogP contribution in [0.25, 0.3) is 10.8 Å². The molecule has 0 aliphatic rings. The molecule has 2 aromatic rings. The number of fused-ring (bicyclic) bond motifs is 1. The largest absolute Gasteiger partial charge is 0.492 e. The lowest BCUT2D eigenvalue weighted by Gasteiger charge is -2.07. The Bertz CT molecular complexity index is 470. The quantitative estimate of drug-likeness (QED) is 0.618. The molecule has 0 amide bonds. The Balaban J connectivity index is 2.48. The Hall–Kier alpha value is -0.840. The Morgan fingerprint density at radius 2 is 2.07 bits per heavy atom. The van der Waals surface area contributed by atoms with Crippen LogP contribution in [0.1, 0.15) is 0 Å². The summed E-state index contributed by atoms with van der Waals surface area (Å²) in [6.07, 6.45) is 0. The molecule has 1 nitrogen and oxygen atoms in total. The van der Waals surface area contributed by atoms with Gasteiger partial charge in [0, 0.05) is 9.81 Å². The predicted molar refractivity (Wildman–Crippen MR) is 68.3 cm³/mol. The minimum atomic E-state index is -0.229. The van der Waals surface area contributed by atoms with Crippen molar-refractivity contribution >= 4 is 33.4 Å². The summed E-state index contributed by atoms with van der Waals surface area (Å²) in [4.78, 5) is 0. The third-order valence-corrected chi connectivity index (χ3v) is 2.58. The van der Waals surface area contributed by atoms with Gasteiger partial charge in [-0.1, -0.05) is 40.8 Å². The molecular weight excluding hydrogens is 306 g/mol. The van der Waals surface area contributed by atoms with Crippen LogP contribution in [0.4, 0.5) is 4.39 Å². The second kappa shape index (κ2) is 4.79. The van der Waals surface area contributed by atoms with E-state index >= 15 is 0 Å². The fourth-order valence-electron chi connectivity index (χ4n) is 1.49. The predicted octanol–water partition coefficient (Wildman–Crippen LogP) is 3.79. The lowest BCUT2D eigenvalue weighted by molar-refractivity contribution is 0.350. The Labute approximate surface area is 101 Å². The van der Waals surface area contributed by atoms with Crippen molar-refractivity contribution in [1.29, 1.82) is 0 Å². The summed E-state index contributed by atoms with van der Waals surface area (Å²) in [6, 6.07) is 10.5. The van der Waals surface area contributed by atoms with Crippen LogP contribution in [0, 0.1) is 5.82 Å². The molecule has 3 heteroatoms. The smallest absolute Gasteiger partial charge is 0.127 e. The highest BCUT2D eigenvalue weighted by Gasteiger charge is 2.02. The zero-order valence-electron chi connectivity index (χ0n) is 8.04. The van der Waals surface area contributed by atoms with Crippen molar-refractivity contribution in [3.05, 3.63) is 42.2 Å². The number of alkyl halides is 1. The first-order valence-corrected chi connectivity index (χ1v) is 6.21. The molecule has 0 unspecified atom stereocenters. The van der Waals surface area contributed by atoms with E-state index < -0.39 is 0 Å². The van der Waals surface area contributed by atoms with E-state index in [0.717, 1.165) is 20.9 Å². The van der Waals surface area contributed by atoms with Gasteiger partial charge in [0.25, 0.3) is 0 Å². The van der Waals surface area contributed by atoms with Crippen LogP contribution in [-0.4, -0.2) is 11.0 Å². The molecule has 2 aromatic carbocycles. The van der Waals surface area contributed by atoms with Gasteiger partial charge in [-0.05, 0) is 23.6 Å². The molecule has 0 saturated carbocycles. The van der Waals surface area contributed by atoms with E-state index in [1.165, 1.54) is 12.1 Å². The summed E-state index contributed by atoms with van der Waals surface area (Å²) in [7, 11) is 0. The Morgan fingerprint density at radius 1 is 1.20 bits per heavy atom. The molecule has 0 heterocycles. The van der Waals surface area contributed by atoms with Crippen LogP contribution in [-0.2, 0) is 0 Å². The molecule has 0 fully saturated rings. The van der Waals surface area contributed by atoms with Crippen LogP contribution in [0.15, 0.2) is 36.4 Å². The fourth-order valence-corrected chi connectivity index (χ4v) is 1.71. The number of halogens is 2. The maximum atomic E-state index is 13.1. The van der Waals surface area contributed by atoms with Crippen molar-refractivity contribution < 1.29 is 9.13 Å². The van der Waals surface area contributed by atoms with Crippen molar-refractivity contribution in [2.24, 2.45) is 0 Å². The van der Waals surface area contributed by atoms with Crippen LogP contribution in [0.5, 0.6) is 5.75 Å². The second-order valence-corrected chi connectivity index (χ2v) is 4.24. The highest BCUT2D eigenvalue weighted by Crippen LogP contribution is 2.26. The molecule has 0 atom stereocenters. The summed E-state index contributed by atoms with van der Waals surface area (Å²) in [5.41, 5.74) is 0. The lowest BCUT2D eigenvalue weighted by Crippen LogP contribution is -1.98. The fraction of sp³-hybridized carbons (Fsp3) is 0.167. The second-order valence-electron chi connectivity index (χ2n) is 3.16. The van der Waals surface area contributed by atoms with E-state index in [-0.39, 0.29) is 5.82 Å². The first-order valence-electron chi connectivity index (χ1n) is 4.68. The van der Waals surface area contributed by atoms with Gasteiger partial charge in [-0.25, -0.2) is 4.39 Å². The third-order valence-electron chi connectivity index (χ3n) is 2.14. The van der Waals surface area contributed by atoms with Gasteiger partial charge in [0.05, 0.1) is 6.61 Å². The SMILES string of the molecule is Fc1ccc2cccc(OCCI)c2c1. The molecule has 0 N–H and O–H groups in total. The zero-order chi connectivity index (χ0) is 10.7. The van der Waals surface area contributed by atoms with Crippen LogP contribution in [0.2, 0.25) is 0 Å². The third kappa shape index (κ3) is 2.40. The van der Waals surface area contributed by atoms with Gasteiger partial charge in [0.2, 0.25) is 0 Å². The van der Waals surface area contributed by atoms with Gasteiger partial charge in [0.15, 0.2) is 0 Å². The minimum absolute atomic E-state index is 0.229. The summed E-state index contributed by atoms with van der Waals surface area (Å²) in [5, 5.41) is 1.84. The molecule has 15 heavy (non-hydrogen) atoms. The molecular formula is C12H10FIO. The van der Waals surface area contributed by atoms with E-state index in [0.29, 0.717) is 6.61 Å². The summed E-state index contributed by atoms with van der Waals surface area (Å²) in [5.74, 6) is 0.525. The Morgan fingerprint density at radius 3 is 2.87 bits per heavy atom. The molecule has 0 aliphatic carbocycles. The van der Waals surface area contributed by atoms with Crippen LogP contribution >= 0.6 is 22.6 Å². The molecule has 0 aliphatic heterocycles. The highest BCUT2D eigenvalue weighted by molar-refractivity contribution is 14.1. The average Bonchev–Trinajstić information content (AvgIpc) is 2.26. The monoisotopic (exact) mass is 316 g/mol. The standard InChI is InChI=1S/C12H10FIO/c13-10-5-4-9-2-1-3-12(11(9)8-10)15-7-6-14/h1-5,8H,6-7H2. The van der Waals surface area contributed by atoms with Gasteiger partial charge in [-0.3, -0.25) is 0 Å². The lowest BCUT2D eigenvalue weighted by atomic mass is 10.1. The van der Waals surface area contributed by atoms with E-state index in [1.54, 1.807) is 6.07 Å². The number of rotatable bonds is 3. The number of hydrogen-bond donors (Lipinski definition) is 0. The topological polar surface area (TPSA) is 9.23 Å². The Kier molecular flexibility index (Phi) is 3.41. The van der Waals surface area contributed by atoms with Gasteiger partial charge < -0.3 is 4.74 Å². The van der Waals surface area contributed by atoms with Crippen LogP contribution in [0.3, 0.4) is 0 Å². The average molecular weight is 316 g/mol. The molecule has 0 saturated heterocycles. The van der Waals surface area contributed by atoms with Crippen molar-refractivity contribution in [3.8, 4) is 5.75 Å². The summed E-state index contributed by atoms with van der Waals surface area (Å²) in [6.45, 7) is 0.649. The maximum Gasteiger partial charge on any atom is 0.127 e. The number of hydrogen-bond acceptors (Lipinski definition) is 1. The molecule has 0 radical (unpaired) electrons. The van der Waals surface area contributed by atoms with Gasteiger partial charge in [0.1, 0.15) is 11.6 Å². The minimum Gasteiger partial charge on any atom is -0.492 e. The van der Waals surface area contributed by atoms with Crippen molar-refractivity contribution in [2.45, 2.75) is 0 Å². The summed E-state index contributed by atoms with van der Waals surface area (Å²) >= 11 is 2.25. The van der Waals surface area contributed by atoms with Gasteiger partial charge >= 0.3 is 0 Å². The van der Waals surface area contributed by atoms with Gasteiger partial charge in [-0.15, -0.1) is 0 Å². The van der Waals surface area contributed by atoms with E-state index in [9.17, 15) is 4.39 Å². The van der Waals surface area contributed by atoms with Gasteiger partial charge in [-0.2, -0.15) is 0 Å². The van der Waals surface area contributed by atoms with E-state index in [1.807, 2.05) is 18.2 Å². The van der Waals surface area contributed by atoms with E-state index in [4.69, 9.17) is 4.74 Å². The number of ether oxygens (including phenoxy) is 1. The highest BCUT2D eigenvalue weighted by atomic mass is 127. The molecule has 0 spiro atoms. The maximum absolute atomic E-state index is 13.1. The normalized spacial score (nSPS) is 10.5. The van der Waals surface area contributed by atoms with E-state index in [2.05, 4.69) is 22.6 Å². The molecule has 78 valence electrons. The summed E-state index contributed by atoms with van der Waals surface area (Å²) < 4.78 is 19.6. The molecule has 0 aromatic heterocycles. The van der Waals surface area contributed by atoms with Crippen molar-refractivity contribution in [1.82, 2.24) is 0 Å².